The van der Waals surface area contributed by atoms with Gasteiger partial charge < -0.3 is 41.1 Å². The molecule has 5 N–H and O–H groups in total. The Morgan fingerprint density at radius 3 is 2.03 bits per heavy atom. The fourth-order valence-corrected chi connectivity index (χ4v) is 6.74. The largest absolute Gasteiger partial charge is 0.464 e. The van der Waals surface area contributed by atoms with E-state index in [4.69, 9.17) is 10.5 Å². The Balaban J connectivity index is 0.000000551. The summed E-state index contributed by atoms with van der Waals surface area (Å²) in [5.41, 5.74) is 5.41. The van der Waals surface area contributed by atoms with Crippen LogP contribution in [0.2, 0.25) is 0 Å². The average molecular weight is 825 g/mol. The smallest absolute Gasteiger partial charge is 0.328 e. The molecule has 4 aliphatic heterocycles. The molecule has 0 saturated carbocycles. The Labute approximate surface area is 341 Å². The lowest BCUT2D eigenvalue weighted by molar-refractivity contribution is -0.156. The molecule has 4 heterocycles. The van der Waals surface area contributed by atoms with E-state index in [2.05, 4.69) is 16.0 Å². The molecule has 4 aliphatic rings. The van der Waals surface area contributed by atoms with Crippen LogP contribution in [0.4, 0.5) is 13.6 Å². The van der Waals surface area contributed by atoms with E-state index in [9.17, 15) is 42.3 Å². The van der Waals surface area contributed by atoms with Crippen LogP contribution in [0.1, 0.15) is 92.1 Å². The molecule has 5 unspecified atom stereocenters. The Bertz CT molecular complexity index is 1480. The monoisotopic (exact) mass is 824 g/mol. The number of carbonyl (C=O) groups excluding carboxylic acids is 7. The first-order chi connectivity index (χ1) is 27.5. The van der Waals surface area contributed by atoms with E-state index < -0.39 is 53.7 Å². The predicted octanol–water partition coefficient (Wildman–Crippen LogP) is 2.66. The van der Waals surface area contributed by atoms with Gasteiger partial charge in [0, 0.05) is 25.7 Å². The van der Waals surface area contributed by atoms with Crippen LogP contribution in [-0.2, 0) is 33.5 Å². The molecule has 58 heavy (non-hydrogen) atoms. The molecule has 0 spiro atoms. The third kappa shape index (κ3) is 16.5. The number of primary amides is 1. The Morgan fingerprint density at radius 2 is 1.45 bits per heavy atom. The van der Waals surface area contributed by atoms with Gasteiger partial charge in [-0.3, -0.25) is 28.9 Å². The molecule has 7 amide bonds. The summed E-state index contributed by atoms with van der Waals surface area (Å²) in [6.45, 7) is 14.8. The lowest BCUT2D eigenvalue weighted by Gasteiger charge is -2.38. The number of fused-ring (bicyclic) bond motifs is 3. The molecule has 1 aromatic rings. The maximum Gasteiger partial charge on any atom is 0.328 e. The summed E-state index contributed by atoms with van der Waals surface area (Å²) in [6.07, 6.45) is 3.88. The highest BCUT2D eigenvalue weighted by molar-refractivity contribution is 5.95. The number of urea groups is 1. The molecule has 18 heteroatoms. The minimum Gasteiger partial charge on any atom is -0.464 e. The molecular weight excluding hydrogens is 758 g/mol. The van der Waals surface area contributed by atoms with Crippen LogP contribution in [0.25, 0.3) is 0 Å². The quantitative estimate of drug-likeness (QED) is 0.260. The standard InChI is InChI=1S/C23H34N4O6.C7H6F2.C6H14N4O2.2C2H6/c1-14-12-18-23(32)33-11-8-19(28)25-10-5-7-17(25)22(31)26-9-4-3-6-16(26)20(29)24-15(2)21(30)27(18)13-14;1-5-2-6(8)4-7(9)3-5;1-10(2)4-9-6(12)8-3-5(7)11;2*1-2/h14-18H,3-13H2,1-2H3,(H,24,29);2-4H,1H3;3-4H2,1-2H3,(H2,7,11)(H2,8,9,12);2*1-2H3. The molecule has 4 fully saturated rings. The number of benzene rings is 1. The average Bonchev–Trinajstić information content (AvgIpc) is 3.84. The van der Waals surface area contributed by atoms with Crippen LogP contribution in [-0.4, -0.2) is 139 Å². The topological polar surface area (TPSA) is 204 Å². The van der Waals surface area contributed by atoms with E-state index in [0.29, 0.717) is 57.5 Å². The van der Waals surface area contributed by atoms with E-state index >= 15 is 0 Å². The number of nitrogens with one attached hydrogen (secondary N) is 3. The maximum atomic E-state index is 13.4. The molecule has 0 aliphatic carbocycles. The van der Waals surface area contributed by atoms with Gasteiger partial charge in [0.25, 0.3) is 0 Å². The molecular formula is C40H66F2N8O8. The molecule has 5 atom stereocenters. The van der Waals surface area contributed by atoms with E-state index in [1.165, 1.54) is 17.0 Å². The van der Waals surface area contributed by atoms with Crippen LogP contribution in [0.3, 0.4) is 0 Å². The Kier molecular flexibility index (Phi) is 23.1. The van der Waals surface area contributed by atoms with E-state index in [1.54, 1.807) is 28.5 Å². The van der Waals surface area contributed by atoms with Gasteiger partial charge in [0.05, 0.1) is 19.6 Å². The lowest BCUT2D eigenvalue weighted by Crippen LogP contribution is -2.59. The number of piperidine rings is 1. The van der Waals surface area contributed by atoms with Crippen molar-refractivity contribution in [1.82, 2.24) is 35.6 Å². The van der Waals surface area contributed by atoms with Gasteiger partial charge in [-0.25, -0.2) is 18.4 Å². The van der Waals surface area contributed by atoms with E-state index in [0.717, 1.165) is 18.9 Å². The number of halogens is 2. The van der Waals surface area contributed by atoms with Crippen molar-refractivity contribution >= 4 is 41.5 Å². The number of amides is 7. The van der Waals surface area contributed by atoms with Crippen molar-refractivity contribution in [3.05, 3.63) is 35.4 Å². The number of cyclic esters (lactones) is 1. The SMILES string of the molecule is CC.CC.CC1CC2C(=O)OCCC(=O)N3CCCC3C(=O)N3CCCCC3C(=O)NC(C)C(=O)N2C1.CN(C)CNC(=O)NCC(N)=O.Cc1cc(F)cc(F)c1. The third-order valence-corrected chi connectivity index (χ3v) is 9.29. The van der Waals surface area contributed by atoms with Crippen molar-refractivity contribution in [2.75, 3.05) is 53.5 Å². The normalized spacial score (nSPS) is 23.3. The van der Waals surface area contributed by atoms with Crippen LogP contribution in [0.5, 0.6) is 0 Å². The van der Waals surface area contributed by atoms with Crippen LogP contribution in [0, 0.1) is 24.5 Å². The highest BCUT2D eigenvalue weighted by Crippen LogP contribution is 2.27. The van der Waals surface area contributed by atoms with Gasteiger partial charge in [-0.15, -0.1) is 0 Å². The predicted molar refractivity (Wildman–Crippen MR) is 215 cm³/mol. The number of nitrogens with zero attached hydrogens (tertiary/aromatic N) is 4. The van der Waals surface area contributed by atoms with Crippen molar-refractivity contribution in [1.29, 1.82) is 0 Å². The lowest BCUT2D eigenvalue weighted by atomic mass is 9.99. The van der Waals surface area contributed by atoms with Crippen molar-refractivity contribution in [3.8, 4) is 0 Å². The van der Waals surface area contributed by atoms with Gasteiger partial charge in [0.1, 0.15) is 42.4 Å². The fourth-order valence-electron chi connectivity index (χ4n) is 6.74. The van der Waals surface area contributed by atoms with Crippen LogP contribution >= 0.6 is 0 Å². The maximum absolute atomic E-state index is 13.4. The zero-order valence-electron chi connectivity index (χ0n) is 35.7. The Morgan fingerprint density at radius 1 is 0.845 bits per heavy atom. The summed E-state index contributed by atoms with van der Waals surface area (Å²) >= 11 is 0. The molecule has 328 valence electrons. The number of hydrogen-bond acceptors (Lipinski definition) is 9. The molecule has 0 aromatic heterocycles. The van der Waals surface area contributed by atoms with Crippen molar-refractivity contribution < 1.29 is 47.1 Å². The first-order valence-corrected chi connectivity index (χ1v) is 20.2. The second-order valence-electron chi connectivity index (χ2n) is 14.3. The van der Waals surface area contributed by atoms with Crippen LogP contribution < -0.4 is 21.7 Å². The van der Waals surface area contributed by atoms with E-state index in [-0.39, 0.29) is 49.1 Å². The first kappa shape index (κ1) is 51.1. The molecule has 0 radical (unpaired) electrons. The first-order valence-electron chi connectivity index (χ1n) is 20.2. The molecule has 0 bridgehead atoms. The van der Waals surface area contributed by atoms with Gasteiger partial charge in [0.2, 0.25) is 29.5 Å². The number of ether oxygens (including phenoxy) is 1. The van der Waals surface area contributed by atoms with Crippen molar-refractivity contribution in [2.45, 2.75) is 118 Å². The number of carbonyl (C=O) groups is 7. The molecule has 4 saturated heterocycles. The van der Waals surface area contributed by atoms with Gasteiger partial charge in [0.15, 0.2) is 0 Å². The minimum absolute atomic E-state index is 0.00788. The number of nitrogens with two attached hydrogens (primary N) is 1. The van der Waals surface area contributed by atoms with Gasteiger partial charge in [-0.2, -0.15) is 0 Å². The van der Waals surface area contributed by atoms with Crippen molar-refractivity contribution in [3.63, 3.8) is 0 Å². The highest BCUT2D eigenvalue weighted by atomic mass is 19.1. The zero-order chi connectivity index (χ0) is 44.1. The summed E-state index contributed by atoms with van der Waals surface area (Å²) in [7, 11) is 3.63. The molecule has 16 nitrogen and oxygen atoms in total. The Hall–Kier alpha value is -4.87. The summed E-state index contributed by atoms with van der Waals surface area (Å²) in [5.74, 6) is -3.16. The highest BCUT2D eigenvalue weighted by Gasteiger charge is 2.44. The second-order valence-corrected chi connectivity index (χ2v) is 14.3. The van der Waals surface area contributed by atoms with Crippen LogP contribution in [0.15, 0.2) is 18.2 Å². The summed E-state index contributed by atoms with van der Waals surface area (Å²) < 4.78 is 29.8. The zero-order valence-corrected chi connectivity index (χ0v) is 35.7. The molecule has 5 rings (SSSR count). The van der Waals surface area contributed by atoms with Gasteiger partial charge >= 0.3 is 12.0 Å². The number of rotatable bonds is 4. The summed E-state index contributed by atoms with van der Waals surface area (Å²) in [5, 5.41) is 7.58. The fraction of sp³-hybridized carbons (Fsp3) is 0.675. The minimum atomic E-state index is -0.825. The number of hydrogen-bond donors (Lipinski definition) is 4. The summed E-state index contributed by atoms with van der Waals surface area (Å²) in [4.78, 5) is 92.8. The molecule has 1 aromatic carbocycles. The van der Waals surface area contributed by atoms with Gasteiger partial charge in [-0.1, -0.05) is 34.6 Å². The number of aryl methyl sites for hydroxylation is 1. The third-order valence-electron chi connectivity index (χ3n) is 9.29. The van der Waals surface area contributed by atoms with Gasteiger partial charge in [-0.05, 0) is 90.1 Å². The summed E-state index contributed by atoms with van der Waals surface area (Å²) in [6, 6.07) is 0.211. The second kappa shape index (κ2) is 26.2. The van der Waals surface area contributed by atoms with E-state index in [1.807, 2.05) is 48.7 Å². The van der Waals surface area contributed by atoms with Crippen molar-refractivity contribution in [2.24, 2.45) is 11.7 Å². The number of esters is 1.